The molecule has 2 N–H and O–H groups in total. The van der Waals surface area contributed by atoms with Gasteiger partial charge in [0.2, 0.25) is 0 Å². The SMILES string of the molecule is CC(=O)C1=C(O)CCNC1=O. The fourth-order valence-corrected chi connectivity index (χ4v) is 1.00. The third kappa shape index (κ3) is 1.39. The van der Waals surface area contributed by atoms with Crippen LogP contribution in [0.15, 0.2) is 11.3 Å². The highest BCUT2D eigenvalue weighted by Crippen LogP contribution is 2.10. The minimum Gasteiger partial charge on any atom is -0.511 e. The van der Waals surface area contributed by atoms with Gasteiger partial charge in [-0.2, -0.15) is 0 Å². The largest absolute Gasteiger partial charge is 0.511 e. The molecule has 11 heavy (non-hydrogen) atoms. The number of nitrogens with one attached hydrogen (secondary N) is 1. The number of aliphatic hydroxyl groups excluding tert-OH is 1. The molecule has 0 radical (unpaired) electrons. The second-order valence-corrected chi connectivity index (χ2v) is 2.38. The van der Waals surface area contributed by atoms with Crippen LogP contribution in [0.1, 0.15) is 13.3 Å². The highest BCUT2D eigenvalue weighted by atomic mass is 16.3. The van der Waals surface area contributed by atoms with Crippen molar-refractivity contribution in [3.05, 3.63) is 11.3 Å². The van der Waals surface area contributed by atoms with E-state index >= 15 is 0 Å². The standard InChI is InChI=1S/C7H9NO3/c1-4(9)6-5(10)2-3-8-7(6)11/h10H,2-3H2,1H3,(H,8,11). The number of carbonyl (C=O) groups is 2. The van der Waals surface area contributed by atoms with Crippen molar-refractivity contribution < 1.29 is 14.7 Å². The van der Waals surface area contributed by atoms with Crippen LogP contribution in [0.2, 0.25) is 0 Å². The smallest absolute Gasteiger partial charge is 0.258 e. The zero-order chi connectivity index (χ0) is 8.43. The zero-order valence-electron chi connectivity index (χ0n) is 6.18. The monoisotopic (exact) mass is 155 g/mol. The lowest BCUT2D eigenvalue weighted by Gasteiger charge is -2.13. The molecule has 4 heteroatoms. The average molecular weight is 155 g/mol. The fourth-order valence-electron chi connectivity index (χ4n) is 1.00. The summed E-state index contributed by atoms with van der Waals surface area (Å²) in [5.41, 5.74) is -0.101. The minimum atomic E-state index is -0.471. The highest BCUT2D eigenvalue weighted by molar-refractivity contribution is 6.19. The van der Waals surface area contributed by atoms with Crippen LogP contribution in [0, 0.1) is 0 Å². The van der Waals surface area contributed by atoms with E-state index < -0.39 is 5.91 Å². The normalized spacial score (nSPS) is 18.1. The first-order valence-electron chi connectivity index (χ1n) is 3.34. The van der Waals surface area contributed by atoms with Crippen LogP contribution < -0.4 is 5.32 Å². The van der Waals surface area contributed by atoms with Gasteiger partial charge in [-0.25, -0.2) is 0 Å². The van der Waals surface area contributed by atoms with Crippen LogP contribution in [-0.2, 0) is 9.59 Å². The summed E-state index contributed by atoms with van der Waals surface area (Å²) in [6, 6.07) is 0. The van der Waals surface area contributed by atoms with Crippen LogP contribution in [0.3, 0.4) is 0 Å². The van der Waals surface area contributed by atoms with E-state index in [-0.39, 0.29) is 17.1 Å². The van der Waals surface area contributed by atoms with Crippen LogP contribution >= 0.6 is 0 Å². The Hall–Kier alpha value is -1.32. The Balaban J connectivity index is 3.01. The molecule has 0 aromatic carbocycles. The summed E-state index contributed by atoms with van der Waals surface area (Å²) in [4.78, 5) is 21.6. The third-order valence-corrected chi connectivity index (χ3v) is 1.52. The van der Waals surface area contributed by atoms with Gasteiger partial charge in [-0.3, -0.25) is 9.59 Å². The number of carbonyl (C=O) groups excluding carboxylic acids is 2. The Kier molecular flexibility index (Phi) is 1.94. The predicted molar refractivity (Wildman–Crippen MR) is 38.0 cm³/mol. The fraction of sp³-hybridized carbons (Fsp3) is 0.429. The van der Waals surface area contributed by atoms with E-state index in [1.807, 2.05) is 0 Å². The van der Waals surface area contributed by atoms with Crippen LogP contribution in [0.5, 0.6) is 0 Å². The lowest BCUT2D eigenvalue weighted by Crippen LogP contribution is -2.34. The summed E-state index contributed by atoms with van der Waals surface area (Å²) in [5.74, 6) is -0.956. The Morgan fingerprint density at radius 3 is 2.64 bits per heavy atom. The maximum absolute atomic E-state index is 10.9. The van der Waals surface area contributed by atoms with Crippen molar-refractivity contribution in [3.8, 4) is 0 Å². The summed E-state index contributed by atoms with van der Waals surface area (Å²) in [6.07, 6.45) is 0.348. The molecule has 60 valence electrons. The molecule has 0 unspecified atom stereocenters. The molecule has 4 nitrogen and oxygen atoms in total. The van der Waals surface area contributed by atoms with Gasteiger partial charge in [0, 0.05) is 13.0 Å². The van der Waals surface area contributed by atoms with E-state index in [9.17, 15) is 9.59 Å². The molecule has 1 aliphatic rings. The van der Waals surface area contributed by atoms with Gasteiger partial charge in [0.15, 0.2) is 5.78 Å². The molecule has 0 spiro atoms. The molecule has 0 bridgehead atoms. The molecule has 0 saturated heterocycles. The van der Waals surface area contributed by atoms with Crippen molar-refractivity contribution in [1.82, 2.24) is 5.32 Å². The van der Waals surface area contributed by atoms with E-state index in [1.165, 1.54) is 6.92 Å². The Morgan fingerprint density at radius 2 is 2.27 bits per heavy atom. The summed E-state index contributed by atoms with van der Waals surface area (Å²) >= 11 is 0. The molecule has 1 rings (SSSR count). The van der Waals surface area contributed by atoms with Crippen LogP contribution in [-0.4, -0.2) is 23.3 Å². The summed E-state index contributed by atoms with van der Waals surface area (Å²) in [5, 5.41) is 11.6. The van der Waals surface area contributed by atoms with Gasteiger partial charge in [0.25, 0.3) is 5.91 Å². The molecule has 1 amide bonds. The first kappa shape index (κ1) is 7.78. The second-order valence-electron chi connectivity index (χ2n) is 2.38. The number of ketones is 1. The molecule has 0 aromatic heterocycles. The molecule has 1 aliphatic heterocycles. The number of Topliss-reactive ketones (excluding diaryl/α,β-unsaturated/α-hetero) is 1. The molecule has 0 fully saturated rings. The van der Waals surface area contributed by atoms with Crippen molar-refractivity contribution >= 4 is 11.7 Å². The first-order valence-corrected chi connectivity index (χ1v) is 3.34. The van der Waals surface area contributed by atoms with Gasteiger partial charge in [0.1, 0.15) is 11.3 Å². The molecule has 0 atom stereocenters. The summed E-state index contributed by atoms with van der Waals surface area (Å²) in [7, 11) is 0. The van der Waals surface area contributed by atoms with Crippen molar-refractivity contribution in [2.45, 2.75) is 13.3 Å². The lowest BCUT2D eigenvalue weighted by atomic mass is 10.1. The maximum atomic E-state index is 10.9. The maximum Gasteiger partial charge on any atom is 0.258 e. The predicted octanol–water partition coefficient (Wildman–Crippen LogP) is -0.0926. The lowest BCUT2D eigenvalue weighted by molar-refractivity contribution is -0.122. The Morgan fingerprint density at radius 1 is 1.64 bits per heavy atom. The van der Waals surface area contributed by atoms with Gasteiger partial charge in [-0.15, -0.1) is 0 Å². The molecular weight excluding hydrogens is 146 g/mol. The third-order valence-electron chi connectivity index (χ3n) is 1.52. The van der Waals surface area contributed by atoms with Crippen molar-refractivity contribution in [1.29, 1.82) is 0 Å². The molecule has 0 aliphatic carbocycles. The Labute approximate surface area is 63.9 Å². The summed E-state index contributed by atoms with van der Waals surface area (Å²) < 4.78 is 0. The quantitative estimate of drug-likeness (QED) is 0.520. The topological polar surface area (TPSA) is 66.4 Å². The van der Waals surface area contributed by atoms with Gasteiger partial charge in [-0.1, -0.05) is 0 Å². The number of amides is 1. The molecule has 0 saturated carbocycles. The van der Waals surface area contributed by atoms with Crippen LogP contribution in [0.4, 0.5) is 0 Å². The average Bonchev–Trinajstić information content (AvgIpc) is 1.85. The Bertz CT molecular complexity index is 242. The van der Waals surface area contributed by atoms with Gasteiger partial charge < -0.3 is 10.4 Å². The van der Waals surface area contributed by atoms with Crippen molar-refractivity contribution in [2.75, 3.05) is 6.54 Å². The molecule has 0 aromatic rings. The van der Waals surface area contributed by atoms with Crippen molar-refractivity contribution in [2.24, 2.45) is 0 Å². The van der Waals surface area contributed by atoms with Gasteiger partial charge in [0.05, 0.1) is 0 Å². The second kappa shape index (κ2) is 2.74. The van der Waals surface area contributed by atoms with Gasteiger partial charge in [-0.05, 0) is 6.92 Å². The molecule has 1 heterocycles. The van der Waals surface area contributed by atoms with Crippen molar-refractivity contribution in [3.63, 3.8) is 0 Å². The summed E-state index contributed by atoms with van der Waals surface area (Å²) in [6.45, 7) is 1.66. The van der Waals surface area contributed by atoms with Gasteiger partial charge >= 0.3 is 0 Å². The minimum absolute atomic E-state index is 0.0961. The number of hydrogen-bond donors (Lipinski definition) is 2. The van der Waals surface area contributed by atoms with E-state index in [4.69, 9.17) is 5.11 Å². The zero-order valence-corrected chi connectivity index (χ0v) is 6.18. The number of rotatable bonds is 1. The van der Waals surface area contributed by atoms with E-state index in [1.54, 1.807) is 0 Å². The van der Waals surface area contributed by atoms with E-state index in [2.05, 4.69) is 5.32 Å². The number of aliphatic hydroxyl groups is 1. The number of hydrogen-bond acceptors (Lipinski definition) is 3. The van der Waals surface area contributed by atoms with Crippen LogP contribution in [0.25, 0.3) is 0 Å². The molecular formula is C7H9NO3. The van der Waals surface area contributed by atoms with E-state index in [0.29, 0.717) is 13.0 Å². The first-order chi connectivity index (χ1) is 5.13. The van der Waals surface area contributed by atoms with E-state index in [0.717, 1.165) is 0 Å². The highest BCUT2D eigenvalue weighted by Gasteiger charge is 2.22.